The molecule has 22 heavy (non-hydrogen) atoms. The lowest BCUT2D eigenvalue weighted by Crippen LogP contribution is -2.36. The molecular weight excluding hydrogens is 286 g/mol. The molecule has 1 aliphatic rings. The summed E-state index contributed by atoms with van der Waals surface area (Å²) in [5.41, 5.74) is 0.433. The Kier molecular flexibility index (Phi) is 3.34. The molecule has 1 aromatic heterocycles. The summed E-state index contributed by atoms with van der Waals surface area (Å²) < 4.78 is 8.57. The van der Waals surface area contributed by atoms with Crippen LogP contribution in [-0.2, 0) is 5.60 Å². The highest BCUT2D eigenvalue weighted by atomic mass is 16.5. The smallest absolute Gasteiger partial charge is 0.351 e. The van der Waals surface area contributed by atoms with Gasteiger partial charge in [-0.2, -0.15) is 0 Å². The quantitative estimate of drug-likeness (QED) is 0.861. The van der Waals surface area contributed by atoms with Gasteiger partial charge in [-0.1, -0.05) is 6.07 Å². The number of aliphatic hydroxyl groups excluding tert-OH is 2. The van der Waals surface area contributed by atoms with Crippen LogP contribution in [0.2, 0.25) is 0 Å². The van der Waals surface area contributed by atoms with E-state index in [0.29, 0.717) is 17.3 Å². The maximum atomic E-state index is 12.7. The van der Waals surface area contributed by atoms with Gasteiger partial charge in [-0.25, -0.2) is 14.0 Å². The van der Waals surface area contributed by atoms with Crippen LogP contribution in [0.4, 0.5) is 0 Å². The van der Waals surface area contributed by atoms with E-state index in [-0.39, 0.29) is 13.2 Å². The van der Waals surface area contributed by atoms with E-state index in [0.717, 1.165) is 10.2 Å². The monoisotopic (exact) mass is 305 g/mol. The summed E-state index contributed by atoms with van der Waals surface area (Å²) in [6, 6.07) is 4.83. The third-order valence-corrected chi connectivity index (χ3v) is 3.83. The van der Waals surface area contributed by atoms with Gasteiger partial charge in [-0.3, -0.25) is 0 Å². The number of rotatable bonds is 3. The van der Waals surface area contributed by atoms with E-state index in [1.807, 2.05) is 39.0 Å². The van der Waals surface area contributed by atoms with Gasteiger partial charge in [0.25, 0.3) is 0 Å². The van der Waals surface area contributed by atoms with Gasteiger partial charge in [-0.15, -0.1) is 5.10 Å². The Bertz CT molecular complexity index is 772. The van der Waals surface area contributed by atoms with E-state index < -0.39 is 17.3 Å². The summed E-state index contributed by atoms with van der Waals surface area (Å²) in [6.07, 6.45) is 0. The molecular formula is C15H19N3O4. The van der Waals surface area contributed by atoms with E-state index in [2.05, 4.69) is 5.10 Å². The molecule has 0 saturated heterocycles. The second-order valence-corrected chi connectivity index (χ2v) is 5.99. The van der Waals surface area contributed by atoms with Crippen LogP contribution in [0.1, 0.15) is 31.3 Å². The summed E-state index contributed by atoms with van der Waals surface area (Å²) in [6.45, 7) is 4.85. The molecule has 2 N–H and O–H groups in total. The van der Waals surface area contributed by atoms with E-state index in [1.165, 1.54) is 4.57 Å². The number of aliphatic hydroxyl groups is 2. The molecule has 0 radical (unpaired) electrons. The topological polar surface area (TPSA) is 89.5 Å². The number of hydrogen-bond donors (Lipinski definition) is 2. The largest absolute Gasteiger partial charge is 0.478 e. The summed E-state index contributed by atoms with van der Waals surface area (Å²) in [5.74, 6) is 1.05. The van der Waals surface area contributed by atoms with E-state index in [1.54, 1.807) is 0 Å². The first-order chi connectivity index (χ1) is 10.4. The Labute approximate surface area is 127 Å². The standard InChI is InChI=1S/C15H19N3O4/c1-9-4-5-12-11(6-9)17-13(15(2,3)22-12)16-18(14(17)21)10(7-19)8-20/h4-6,10,19-20H,7-8H2,1-3H3. The maximum Gasteiger partial charge on any atom is 0.351 e. The van der Waals surface area contributed by atoms with Crippen molar-refractivity contribution in [2.45, 2.75) is 32.4 Å². The van der Waals surface area contributed by atoms with Crippen molar-refractivity contribution in [3.05, 3.63) is 40.1 Å². The lowest BCUT2D eigenvalue weighted by atomic mass is 10.1. The molecule has 0 bridgehead atoms. The van der Waals surface area contributed by atoms with E-state index >= 15 is 0 Å². The summed E-state index contributed by atoms with van der Waals surface area (Å²) in [4.78, 5) is 12.7. The second kappa shape index (κ2) is 4.96. The van der Waals surface area contributed by atoms with Gasteiger partial charge in [0.1, 0.15) is 11.8 Å². The average Bonchev–Trinajstić information content (AvgIpc) is 2.81. The van der Waals surface area contributed by atoms with Crippen LogP contribution < -0.4 is 10.4 Å². The maximum absolute atomic E-state index is 12.7. The fraction of sp³-hybridized carbons (Fsp3) is 0.467. The number of benzene rings is 1. The molecule has 7 nitrogen and oxygen atoms in total. The molecule has 118 valence electrons. The molecule has 3 rings (SSSR count). The Morgan fingerprint density at radius 2 is 2.00 bits per heavy atom. The molecule has 1 aliphatic heterocycles. The zero-order valence-corrected chi connectivity index (χ0v) is 12.8. The van der Waals surface area contributed by atoms with Crippen molar-refractivity contribution in [3.63, 3.8) is 0 Å². The fourth-order valence-electron chi connectivity index (χ4n) is 2.65. The zero-order valence-electron chi connectivity index (χ0n) is 12.8. The van der Waals surface area contributed by atoms with E-state index in [4.69, 9.17) is 4.74 Å². The molecule has 0 fully saturated rings. The summed E-state index contributed by atoms with van der Waals surface area (Å²) in [7, 11) is 0. The van der Waals surface area contributed by atoms with Gasteiger partial charge in [0, 0.05) is 0 Å². The van der Waals surface area contributed by atoms with Crippen molar-refractivity contribution in [3.8, 4) is 11.4 Å². The van der Waals surface area contributed by atoms with Gasteiger partial charge in [-0.05, 0) is 38.5 Å². The highest BCUT2D eigenvalue weighted by molar-refractivity contribution is 5.52. The highest BCUT2D eigenvalue weighted by Gasteiger charge is 2.38. The van der Waals surface area contributed by atoms with Crippen molar-refractivity contribution in [2.24, 2.45) is 0 Å². The summed E-state index contributed by atoms with van der Waals surface area (Å²) in [5, 5.41) is 23.0. The minimum absolute atomic E-state index is 0.366. The predicted molar refractivity (Wildman–Crippen MR) is 79.4 cm³/mol. The molecule has 1 aromatic carbocycles. The fourth-order valence-corrected chi connectivity index (χ4v) is 2.65. The lowest BCUT2D eigenvalue weighted by molar-refractivity contribution is 0.0848. The lowest BCUT2D eigenvalue weighted by Gasteiger charge is -2.31. The Hall–Kier alpha value is -2.12. The second-order valence-electron chi connectivity index (χ2n) is 5.99. The van der Waals surface area contributed by atoms with Crippen LogP contribution >= 0.6 is 0 Å². The Balaban J connectivity index is 2.30. The van der Waals surface area contributed by atoms with Crippen molar-refractivity contribution in [2.75, 3.05) is 13.2 Å². The molecule has 0 aliphatic carbocycles. The van der Waals surface area contributed by atoms with Crippen LogP contribution in [0.15, 0.2) is 23.0 Å². The Morgan fingerprint density at radius 3 is 2.64 bits per heavy atom. The SMILES string of the molecule is Cc1ccc2c(c1)-n1c(nn(C(CO)CO)c1=O)C(C)(C)O2. The molecule has 0 saturated carbocycles. The van der Waals surface area contributed by atoms with Gasteiger partial charge >= 0.3 is 5.69 Å². The van der Waals surface area contributed by atoms with Crippen LogP contribution in [0.5, 0.6) is 5.75 Å². The number of nitrogens with zero attached hydrogens (tertiary/aromatic N) is 3. The van der Waals surface area contributed by atoms with Gasteiger partial charge in [0.15, 0.2) is 11.4 Å². The first-order valence-electron chi connectivity index (χ1n) is 7.13. The van der Waals surface area contributed by atoms with Crippen LogP contribution in [0, 0.1) is 6.92 Å². The molecule has 0 unspecified atom stereocenters. The average molecular weight is 305 g/mol. The first kappa shape index (κ1) is 14.8. The third kappa shape index (κ3) is 2.05. The van der Waals surface area contributed by atoms with Crippen molar-refractivity contribution in [1.82, 2.24) is 14.3 Å². The van der Waals surface area contributed by atoms with Gasteiger partial charge in [0.05, 0.1) is 18.9 Å². The zero-order chi connectivity index (χ0) is 16.1. The van der Waals surface area contributed by atoms with Crippen molar-refractivity contribution < 1.29 is 14.9 Å². The van der Waals surface area contributed by atoms with E-state index in [9.17, 15) is 15.0 Å². The molecule has 0 amide bonds. The number of fused-ring (bicyclic) bond motifs is 3. The van der Waals surface area contributed by atoms with Gasteiger partial charge < -0.3 is 14.9 Å². The highest BCUT2D eigenvalue weighted by Crippen LogP contribution is 2.37. The molecule has 2 aromatic rings. The normalized spacial score (nSPS) is 15.4. The molecule has 0 atom stereocenters. The predicted octanol–water partition coefficient (Wildman–Crippen LogP) is 0.496. The minimum atomic E-state index is -0.790. The molecule has 7 heteroatoms. The first-order valence-corrected chi connectivity index (χ1v) is 7.13. The van der Waals surface area contributed by atoms with Crippen LogP contribution in [0.25, 0.3) is 5.69 Å². The number of hydrogen-bond acceptors (Lipinski definition) is 5. The summed E-state index contributed by atoms with van der Waals surface area (Å²) >= 11 is 0. The minimum Gasteiger partial charge on any atom is -0.478 e. The number of aromatic nitrogens is 3. The molecule has 2 heterocycles. The molecule has 0 spiro atoms. The van der Waals surface area contributed by atoms with Crippen molar-refractivity contribution in [1.29, 1.82) is 0 Å². The number of aryl methyl sites for hydroxylation is 1. The Morgan fingerprint density at radius 1 is 1.32 bits per heavy atom. The third-order valence-electron chi connectivity index (χ3n) is 3.83. The number of ether oxygens (including phenoxy) is 1. The van der Waals surface area contributed by atoms with Gasteiger partial charge in [0.2, 0.25) is 0 Å². The van der Waals surface area contributed by atoms with Crippen LogP contribution in [-0.4, -0.2) is 37.8 Å². The van der Waals surface area contributed by atoms with Crippen molar-refractivity contribution >= 4 is 0 Å². The van der Waals surface area contributed by atoms with Crippen LogP contribution in [0.3, 0.4) is 0 Å².